The fourth-order valence-electron chi connectivity index (χ4n) is 4.81. The molecule has 1 saturated heterocycles. The van der Waals surface area contributed by atoms with E-state index >= 15 is 0 Å². The molecule has 196 valence electrons. The zero-order valence-electron chi connectivity index (χ0n) is 21.1. The first-order valence-electron chi connectivity index (χ1n) is 11.9. The average molecular weight is 519 g/mol. The summed E-state index contributed by atoms with van der Waals surface area (Å²) in [5, 5.41) is 13.3. The van der Waals surface area contributed by atoms with E-state index in [1.165, 1.54) is 7.11 Å². The third-order valence-electron chi connectivity index (χ3n) is 6.75. The Bertz CT molecular complexity index is 1230. The molecule has 0 saturated carbocycles. The quantitative estimate of drug-likeness (QED) is 0.486. The van der Waals surface area contributed by atoms with Gasteiger partial charge in [0.25, 0.3) is 0 Å². The molecule has 3 heterocycles. The Kier molecular flexibility index (Phi) is 7.56. The van der Waals surface area contributed by atoms with Crippen molar-refractivity contribution in [2.75, 3.05) is 43.0 Å². The number of nitrogens with one attached hydrogen (secondary N) is 2. The Morgan fingerprint density at radius 1 is 1.19 bits per heavy atom. The standard InChI is InChI=1S/C25H34N4O6S/c1-25(2,31)19-5-7-29(8-6-19)13-23(30)27-21-10-16(9-18-14-35-15-20(18)21)17-11-22(28-36(4,32)33)24(34-3)26-12-17/h9-12,19,28,31H,5-8,13-15H2,1-4H3,(H,27,30). The number of ether oxygens (including phenoxy) is 2. The molecule has 36 heavy (non-hydrogen) atoms. The summed E-state index contributed by atoms with van der Waals surface area (Å²) >= 11 is 0. The number of aromatic nitrogens is 1. The summed E-state index contributed by atoms with van der Waals surface area (Å²) in [4.78, 5) is 19.3. The summed E-state index contributed by atoms with van der Waals surface area (Å²) in [5.74, 6) is 0.278. The number of hydrogen-bond donors (Lipinski definition) is 3. The summed E-state index contributed by atoms with van der Waals surface area (Å²) in [6, 6.07) is 5.48. The summed E-state index contributed by atoms with van der Waals surface area (Å²) in [6.07, 6.45) is 4.36. The molecule has 0 radical (unpaired) electrons. The third-order valence-corrected chi connectivity index (χ3v) is 7.34. The molecule has 0 spiro atoms. The zero-order chi connectivity index (χ0) is 26.1. The number of likely N-dealkylation sites (tertiary alicyclic amines) is 1. The minimum atomic E-state index is -3.53. The van der Waals surface area contributed by atoms with E-state index in [0.29, 0.717) is 24.5 Å². The van der Waals surface area contributed by atoms with Gasteiger partial charge in [-0.05, 0) is 75.0 Å². The Morgan fingerprint density at radius 2 is 1.89 bits per heavy atom. The first-order chi connectivity index (χ1) is 16.9. The van der Waals surface area contributed by atoms with Crippen LogP contribution in [0.3, 0.4) is 0 Å². The van der Waals surface area contributed by atoms with E-state index < -0.39 is 15.6 Å². The van der Waals surface area contributed by atoms with Crippen molar-refractivity contribution in [2.45, 2.75) is 45.5 Å². The van der Waals surface area contributed by atoms with E-state index in [2.05, 4.69) is 19.9 Å². The molecule has 1 amide bonds. The molecule has 0 aliphatic carbocycles. The van der Waals surface area contributed by atoms with Crippen LogP contribution in [0, 0.1) is 5.92 Å². The molecule has 0 bridgehead atoms. The summed E-state index contributed by atoms with van der Waals surface area (Å²) in [7, 11) is -2.11. The topological polar surface area (TPSA) is 130 Å². The smallest absolute Gasteiger partial charge is 0.238 e. The van der Waals surface area contributed by atoms with Gasteiger partial charge in [-0.15, -0.1) is 0 Å². The van der Waals surface area contributed by atoms with Gasteiger partial charge in [-0.2, -0.15) is 0 Å². The number of amides is 1. The van der Waals surface area contributed by atoms with Crippen LogP contribution >= 0.6 is 0 Å². The van der Waals surface area contributed by atoms with Crippen LogP contribution in [-0.2, 0) is 32.8 Å². The number of benzene rings is 1. The van der Waals surface area contributed by atoms with E-state index in [-0.39, 0.29) is 29.9 Å². The van der Waals surface area contributed by atoms with Crippen molar-refractivity contribution in [1.82, 2.24) is 9.88 Å². The van der Waals surface area contributed by atoms with E-state index in [9.17, 15) is 18.3 Å². The number of fused-ring (bicyclic) bond motifs is 1. The zero-order valence-corrected chi connectivity index (χ0v) is 21.9. The number of rotatable bonds is 8. The van der Waals surface area contributed by atoms with E-state index in [1.54, 1.807) is 12.3 Å². The van der Waals surface area contributed by atoms with Gasteiger partial charge in [0.2, 0.25) is 21.8 Å². The van der Waals surface area contributed by atoms with Crippen molar-refractivity contribution in [3.63, 3.8) is 0 Å². The molecule has 1 fully saturated rings. The van der Waals surface area contributed by atoms with Gasteiger partial charge < -0.3 is 19.9 Å². The first kappa shape index (κ1) is 26.3. The lowest BCUT2D eigenvalue weighted by molar-refractivity contribution is -0.118. The highest BCUT2D eigenvalue weighted by Gasteiger charge is 2.31. The van der Waals surface area contributed by atoms with Gasteiger partial charge in [0, 0.05) is 23.0 Å². The van der Waals surface area contributed by atoms with Gasteiger partial charge in [-0.3, -0.25) is 14.4 Å². The summed E-state index contributed by atoms with van der Waals surface area (Å²) in [6.45, 7) is 6.31. The van der Waals surface area contributed by atoms with Crippen LogP contribution in [0.15, 0.2) is 24.4 Å². The molecule has 0 atom stereocenters. The molecule has 0 unspecified atom stereocenters. The van der Waals surface area contributed by atoms with Gasteiger partial charge in [-0.25, -0.2) is 13.4 Å². The normalized spacial score (nSPS) is 17.0. The molecule has 1 aromatic carbocycles. The second kappa shape index (κ2) is 10.3. The van der Waals surface area contributed by atoms with Gasteiger partial charge >= 0.3 is 0 Å². The Hall–Kier alpha value is -2.73. The Labute approximate surface area is 212 Å². The second-order valence-electron chi connectivity index (χ2n) is 10.1. The van der Waals surface area contributed by atoms with E-state index in [0.717, 1.165) is 48.9 Å². The first-order valence-corrected chi connectivity index (χ1v) is 13.8. The second-order valence-corrected chi connectivity index (χ2v) is 11.8. The van der Waals surface area contributed by atoms with Crippen LogP contribution < -0.4 is 14.8 Å². The van der Waals surface area contributed by atoms with Crippen LogP contribution in [0.5, 0.6) is 5.88 Å². The Balaban J connectivity index is 1.53. The van der Waals surface area contributed by atoms with Crippen LogP contribution in [-0.4, -0.2) is 67.9 Å². The van der Waals surface area contributed by atoms with Crippen molar-refractivity contribution in [3.8, 4) is 17.0 Å². The predicted molar refractivity (Wildman–Crippen MR) is 137 cm³/mol. The van der Waals surface area contributed by atoms with Crippen LogP contribution in [0.1, 0.15) is 37.8 Å². The number of carbonyl (C=O) groups is 1. The molecule has 4 rings (SSSR count). The summed E-state index contributed by atoms with van der Waals surface area (Å²) in [5.41, 5.74) is 3.53. The molecule has 2 aliphatic heterocycles. The number of pyridine rings is 1. The number of methoxy groups -OCH3 is 1. The lowest BCUT2D eigenvalue weighted by Gasteiger charge is -2.37. The summed E-state index contributed by atoms with van der Waals surface area (Å²) < 4.78 is 36.9. The highest BCUT2D eigenvalue weighted by atomic mass is 32.2. The Morgan fingerprint density at radius 3 is 2.53 bits per heavy atom. The van der Waals surface area contributed by atoms with Gasteiger partial charge in [0.15, 0.2) is 0 Å². The molecule has 2 aromatic rings. The number of aliphatic hydroxyl groups is 1. The third kappa shape index (κ3) is 6.33. The number of piperidine rings is 1. The maximum Gasteiger partial charge on any atom is 0.238 e. The lowest BCUT2D eigenvalue weighted by atomic mass is 9.83. The molecule has 3 N–H and O–H groups in total. The van der Waals surface area contributed by atoms with Gasteiger partial charge in [0.1, 0.15) is 5.69 Å². The minimum Gasteiger partial charge on any atom is -0.480 e. The number of nitrogens with zero attached hydrogens (tertiary/aromatic N) is 2. The monoisotopic (exact) mass is 518 g/mol. The maximum atomic E-state index is 13.0. The van der Waals surface area contributed by atoms with Crippen molar-refractivity contribution in [2.24, 2.45) is 5.92 Å². The van der Waals surface area contributed by atoms with Crippen LogP contribution in [0.25, 0.3) is 11.1 Å². The van der Waals surface area contributed by atoms with Crippen molar-refractivity contribution >= 4 is 27.3 Å². The van der Waals surface area contributed by atoms with Crippen molar-refractivity contribution in [1.29, 1.82) is 0 Å². The number of hydrogen-bond acceptors (Lipinski definition) is 8. The van der Waals surface area contributed by atoms with Gasteiger partial charge in [0.05, 0.1) is 38.7 Å². The highest BCUT2D eigenvalue weighted by Crippen LogP contribution is 2.36. The maximum absolute atomic E-state index is 13.0. The predicted octanol–water partition coefficient (Wildman–Crippen LogP) is 2.58. The lowest BCUT2D eigenvalue weighted by Crippen LogP contribution is -2.44. The van der Waals surface area contributed by atoms with Crippen molar-refractivity contribution < 1.29 is 27.8 Å². The molecule has 1 aromatic heterocycles. The van der Waals surface area contributed by atoms with Crippen LogP contribution in [0.4, 0.5) is 11.4 Å². The van der Waals surface area contributed by atoms with E-state index in [4.69, 9.17) is 9.47 Å². The number of carbonyl (C=O) groups excluding carboxylic acids is 1. The van der Waals surface area contributed by atoms with E-state index in [1.807, 2.05) is 26.0 Å². The molecule has 11 heteroatoms. The largest absolute Gasteiger partial charge is 0.480 e. The molecule has 10 nitrogen and oxygen atoms in total. The van der Waals surface area contributed by atoms with Crippen LogP contribution in [0.2, 0.25) is 0 Å². The molecular formula is C25H34N4O6S. The fraction of sp³-hybridized carbons (Fsp3) is 0.520. The molecular weight excluding hydrogens is 484 g/mol. The highest BCUT2D eigenvalue weighted by molar-refractivity contribution is 7.92. The fourth-order valence-corrected chi connectivity index (χ4v) is 5.35. The van der Waals surface area contributed by atoms with Crippen molar-refractivity contribution in [3.05, 3.63) is 35.5 Å². The average Bonchev–Trinajstić information content (AvgIpc) is 3.27. The van der Waals surface area contributed by atoms with Gasteiger partial charge in [-0.1, -0.05) is 0 Å². The number of anilines is 2. The SMILES string of the molecule is COc1ncc(-c2cc3c(c(NC(=O)CN4CCC(C(C)(C)O)CC4)c2)COC3)cc1NS(C)(=O)=O. The molecule has 2 aliphatic rings. The number of sulfonamides is 1. The minimum absolute atomic E-state index is 0.116.